The van der Waals surface area contributed by atoms with Crippen molar-refractivity contribution < 1.29 is 9.90 Å². The number of rotatable bonds is 3. The first kappa shape index (κ1) is 14.1. The smallest absolute Gasteiger partial charge is 0.223 e. The maximum Gasteiger partial charge on any atom is 0.223 e. The molecule has 2 atom stereocenters. The van der Waals surface area contributed by atoms with Crippen molar-refractivity contribution in [3.63, 3.8) is 0 Å². The van der Waals surface area contributed by atoms with Crippen molar-refractivity contribution in [2.24, 2.45) is 11.3 Å². The summed E-state index contributed by atoms with van der Waals surface area (Å²) in [7, 11) is 0. The van der Waals surface area contributed by atoms with Crippen LogP contribution in [0.5, 0.6) is 0 Å². The molecule has 0 bridgehead atoms. The molecule has 3 heteroatoms. The molecule has 0 spiro atoms. The number of carbonyl (C=O) groups is 1. The Morgan fingerprint density at radius 2 is 1.95 bits per heavy atom. The zero-order valence-electron chi connectivity index (χ0n) is 12.0. The zero-order chi connectivity index (χ0) is 14.0. The summed E-state index contributed by atoms with van der Waals surface area (Å²) in [5.74, 6) is 0.540. The van der Waals surface area contributed by atoms with Crippen molar-refractivity contribution in [2.75, 3.05) is 13.1 Å². The Balaban J connectivity index is 1.99. The van der Waals surface area contributed by atoms with Crippen LogP contribution in [0.25, 0.3) is 0 Å². The van der Waals surface area contributed by atoms with Gasteiger partial charge in [0.25, 0.3) is 0 Å². The number of nitrogens with zero attached hydrogens (tertiary/aromatic N) is 1. The molecule has 1 N–H and O–H groups in total. The van der Waals surface area contributed by atoms with E-state index in [1.165, 1.54) is 0 Å². The lowest BCUT2D eigenvalue weighted by Gasteiger charge is -2.27. The third kappa shape index (κ3) is 3.35. The molecule has 0 saturated carbocycles. The third-order valence-electron chi connectivity index (χ3n) is 4.02. The number of carbonyl (C=O) groups excluding carboxylic acids is 1. The highest BCUT2D eigenvalue weighted by Crippen LogP contribution is 2.34. The minimum Gasteiger partial charge on any atom is -0.387 e. The number of aliphatic hydroxyl groups is 1. The molecule has 0 aromatic heterocycles. The Morgan fingerprint density at radius 1 is 1.32 bits per heavy atom. The van der Waals surface area contributed by atoms with E-state index >= 15 is 0 Å². The normalized spacial score (nSPS) is 21.8. The summed E-state index contributed by atoms with van der Waals surface area (Å²) in [6.45, 7) is 7.66. The average molecular weight is 261 g/mol. The molecule has 1 aromatic carbocycles. The standard InChI is InChI=1S/C16H23NO2/c1-16(2,3)13-9-15(19)17(10-13)11-14(18)12-7-5-4-6-8-12/h4-8,13-14,18H,9-11H2,1-3H3. The molecule has 1 amide bonds. The van der Waals surface area contributed by atoms with Crippen molar-refractivity contribution in [2.45, 2.75) is 33.3 Å². The van der Waals surface area contributed by atoms with E-state index in [2.05, 4.69) is 20.8 Å². The van der Waals surface area contributed by atoms with Crippen LogP contribution >= 0.6 is 0 Å². The molecule has 3 nitrogen and oxygen atoms in total. The van der Waals surface area contributed by atoms with Crippen molar-refractivity contribution >= 4 is 5.91 Å². The second-order valence-corrected chi connectivity index (χ2v) is 6.49. The van der Waals surface area contributed by atoms with Crippen LogP contribution in [0.4, 0.5) is 0 Å². The largest absolute Gasteiger partial charge is 0.387 e. The van der Waals surface area contributed by atoms with Gasteiger partial charge in [0.2, 0.25) is 5.91 Å². The van der Waals surface area contributed by atoms with Gasteiger partial charge in [-0.2, -0.15) is 0 Å². The predicted molar refractivity (Wildman–Crippen MR) is 75.5 cm³/mol. The highest BCUT2D eigenvalue weighted by molar-refractivity contribution is 5.78. The Morgan fingerprint density at radius 3 is 2.47 bits per heavy atom. The van der Waals surface area contributed by atoms with E-state index < -0.39 is 6.10 Å². The van der Waals surface area contributed by atoms with E-state index in [1.807, 2.05) is 30.3 Å². The molecule has 1 fully saturated rings. The lowest BCUT2D eigenvalue weighted by Crippen LogP contribution is -2.31. The van der Waals surface area contributed by atoms with Crippen LogP contribution < -0.4 is 0 Å². The lowest BCUT2D eigenvalue weighted by atomic mass is 9.80. The zero-order valence-corrected chi connectivity index (χ0v) is 12.0. The van der Waals surface area contributed by atoms with Crippen molar-refractivity contribution in [1.29, 1.82) is 0 Å². The number of likely N-dealkylation sites (tertiary alicyclic amines) is 1. The van der Waals surface area contributed by atoms with E-state index in [1.54, 1.807) is 4.90 Å². The van der Waals surface area contributed by atoms with Crippen LogP contribution in [-0.2, 0) is 4.79 Å². The van der Waals surface area contributed by atoms with Gasteiger partial charge < -0.3 is 10.0 Å². The van der Waals surface area contributed by atoms with Gasteiger partial charge in [-0.05, 0) is 16.9 Å². The van der Waals surface area contributed by atoms with Gasteiger partial charge in [-0.25, -0.2) is 0 Å². The van der Waals surface area contributed by atoms with Crippen LogP contribution in [0.1, 0.15) is 38.9 Å². The Bertz CT molecular complexity index is 436. The maximum absolute atomic E-state index is 12.0. The quantitative estimate of drug-likeness (QED) is 0.908. The summed E-state index contributed by atoms with van der Waals surface area (Å²) >= 11 is 0. The van der Waals surface area contributed by atoms with Gasteiger partial charge in [-0.3, -0.25) is 4.79 Å². The topological polar surface area (TPSA) is 40.5 Å². The minimum atomic E-state index is -0.594. The summed E-state index contributed by atoms with van der Waals surface area (Å²) in [4.78, 5) is 13.8. The molecule has 1 aliphatic heterocycles. The molecule has 0 radical (unpaired) electrons. The van der Waals surface area contributed by atoms with Gasteiger partial charge in [0.05, 0.1) is 12.6 Å². The van der Waals surface area contributed by atoms with Crippen molar-refractivity contribution in [3.8, 4) is 0 Å². The molecule has 19 heavy (non-hydrogen) atoms. The number of β-amino-alcohol motifs (C(OH)–C–C–N with tert-alkyl or cyclic N) is 1. The maximum atomic E-state index is 12.0. The summed E-state index contributed by atoms with van der Waals surface area (Å²) in [6, 6.07) is 9.52. The van der Waals surface area contributed by atoms with Crippen LogP contribution in [-0.4, -0.2) is 29.0 Å². The average Bonchev–Trinajstić information content (AvgIpc) is 2.72. The fourth-order valence-electron chi connectivity index (χ4n) is 2.52. The Hall–Kier alpha value is -1.35. The fraction of sp³-hybridized carbons (Fsp3) is 0.562. The number of amides is 1. The van der Waals surface area contributed by atoms with Crippen molar-refractivity contribution in [3.05, 3.63) is 35.9 Å². The SMILES string of the molecule is CC(C)(C)C1CC(=O)N(CC(O)c2ccccc2)C1. The molecule has 1 aromatic rings. The highest BCUT2D eigenvalue weighted by Gasteiger charge is 2.37. The minimum absolute atomic E-state index is 0.141. The molecular weight excluding hydrogens is 238 g/mol. The summed E-state index contributed by atoms with van der Waals surface area (Å²) < 4.78 is 0. The lowest BCUT2D eigenvalue weighted by molar-refractivity contribution is -0.129. The monoisotopic (exact) mass is 261 g/mol. The van der Waals surface area contributed by atoms with Crippen LogP contribution in [0, 0.1) is 11.3 Å². The molecule has 1 heterocycles. The summed E-state index contributed by atoms with van der Waals surface area (Å²) in [6.07, 6.45) is 0.00855. The van der Waals surface area contributed by atoms with E-state index in [0.717, 1.165) is 12.1 Å². The number of benzene rings is 1. The Labute approximate surface area is 115 Å². The molecule has 2 rings (SSSR count). The van der Waals surface area contributed by atoms with Gasteiger partial charge in [-0.15, -0.1) is 0 Å². The molecule has 1 saturated heterocycles. The fourth-order valence-corrected chi connectivity index (χ4v) is 2.52. The molecule has 1 aliphatic rings. The van der Waals surface area contributed by atoms with E-state index in [0.29, 0.717) is 18.9 Å². The summed E-state index contributed by atoms with van der Waals surface area (Å²) in [5, 5.41) is 10.2. The molecule has 2 unspecified atom stereocenters. The number of aliphatic hydroxyl groups excluding tert-OH is 1. The number of hydrogen-bond donors (Lipinski definition) is 1. The number of hydrogen-bond acceptors (Lipinski definition) is 2. The van der Waals surface area contributed by atoms with Gasteiger partial charge in [0.15, 0.2) is 0 Å². The first-order valence-corrected chi connectivity index (χ1v) is 6.88. The van der Waals surface area contributed by atoms with Gasteiger partial charge in [-0.1, -0.05) is 51.1 Å². The molecule has 0 aliphatic carbocycles. The Kier molecular flexibility index (Phi) is 3.95. The van der Waals surface area contributed by atoms with E-state index in [4.69, 9.17) is 0 Å². The van der Waals surface area contributed by atoms with Crippen LogP contribution in [0.15, 0.2) is 30.3 Å². The second-order valence-electron chi connectivity index (χ2n) is 6.49. The van der Waals surface area contributed by atoms with Crippen LogP contribution in [0.3, 0.4) is 0 Å². The first-order chi connectivity index (χ1) is 8.88. The van der Waals surface area contributed by atoms with Gasteiger partial charge >= 0.3 is 0 Å². The third-order valence-corrected chi connectivity index (χ3v) is 4.02. The molecule has 104 valence electrons. The van der Waals surface area contributed by atoms with Crippen molar-refractivity contribution in [1.82, 2.24) is 4.90 Å². The highest BCUT2D eigenvalue weighted by atomic mass is 16.3. The first-order valence-electron chi connectivity index (χ1n) is 6.88. The van der Waals surface area contributed by atoms with Gasteiger partial charge in [0, 0.05) is 13.0 Å². The van der Waals surface area contributed by atoms with E-state index in [9.17, 15) is 9.90 Å². The molecular formula is C16H23NO2. The summed E-state index contributed by atoms with van der Waals surface area (Å²) in [5.41, 5.74) is 1.01. The second kappa shape index (κ2) is 5.33. The van der Waals surface area contributed by atoms with Crippen LogP contribution in [0.2, 0.25) is 0 Å². The predicted octanol–water partition coefficient (Wildman–Crippen LogP) is 2.61. The van der Waals surface area contributed by atoms with E-state index in [-0.39, 0.29) is 11.3 Å². The van der Waals surface area contributed by atoms with Gasteiger partial charge in [0.1, 0.15) is 0 Å².